The zero-order chi connectivity index (χ0) is 20.3. The molecule has 1 aromatic heterocycles. The maximum absolute atomic E-state index is 12.7. The van der Waals surface area contributed by atoms with Gasteiger partial charge in [-0.05, 0) is 32.3 Å². The van der Waals surface area contributed by atoms with Gasteiger partial charge >= 0.3 is 0 Å². The minimum absolute atomic E-state index is 0.0701. The van der Waals surface area contributed by atoms with Gasteiger partial charge in [0.2, 0.25) is 11.8 Å². The smallest absolute Gasteiger partial charge is 0.239 e. The van der Waals surface area contributed by atoms with Crippen molar-refractivity contribution in [3.8, 4) is 6.07 Å². The summed E-state index contributed by atoms with van der Waals surface area (Å²) in [7, 11) is 0. The molecule has 8 heteroatoms. The third kappa shape index (κ3) is 4.37. The molecule has 2 amide bonds. The second-order valence-electron chi connectivity index (χ2n) is 7.62. The minimum Gasteiger partial charge on any atom is -0.376 e. The average molecular weight is 387 g/mol. The number of amides is 2. The number of hydrogen-bond acceptors (Lipinski definition) is 5. The molecule has 1 aromatic rings. The highest BCUT2D eigenvalue weighted by Crippen LogP contribution is 2.28. The second-order valence-corrected chi connectivity index (χ2v) is 7.62. The second kappa shape index (κ2) is 8.76. The maximum Gasteiger partial charge on any atom is 0.239 e. The Morgan fingerprint density at radius 1 is 1.25 bits per heavy atom. The molecule has 3 heterocycles. The van der Waals surface area contributed by atoms with Crippen LogP contribution < -0.4 is 5.32 Å². The number of carbonyl (C=O) groups is 2. The number of piperazine rings is 1. The van der Waals surface area contributed by atoms with Gasteiger partial charge in [-0.25, -0.2) is 0 Å². The van der Waals surface area contributed by atoms with Crippen molar-refractivity contribution in [3.63, 3.8) is 0 Å². The van der Waals surface area contributed by atoms with Crippen molar-refractivity contribution in [2.75, 3.05) is 44.6 Å². The lowest BCUT2D eigenvalue weighted by molar-refractivity contribution is -0.130. The highest BCUT2D eigenvalue weighted by molar-refractivity contribution is 5.93. The number of nitrogens with zero attached hydrogens (tertiary/aromatic N) is 4. The monoisotopic (exact) mass is 387 g/mol. The Balaban J connectivity index is 1.68. The zero-order valence-corrected chi connectivity index (χ0v) is 17.0. The lowest BCUT2D eigenvalue weighted by Crippen LogP contribution is -2.50. The van der Waals surface area contributed by atoms with Crippen LogP contribution in [0.25, 0.3) is 0 Å². The number of hydrogen-bond donors (Lipinski definition) is 1. The lowest BCUT2D eigenvalue weighted by atomic mass is 10.2. The van der Waals surface area contributed by atoms with Crippen molar-refractivity contribution < 1.29 is 14.3 Å². The molecular formula is C20H29N5O3. The van der Waals surface area contributed by atoms with E-state index in [9.17, 15) is 14.9 Å². The molecule has 0 unspecified atom stereocenters. The Labute approximate surface area is 166 Å². The van der Waals surface area contributed by atoms with Crippen LogP contribution >= 0.6 is 0 Å². The first-order valence-electron chi connectivity index (χ1n) is 9.89. The number of ether oxygens (including phenoxy) is 1. The lowest BCUT2D eigenvalue weighted by Gasteiger charge is -2.33. The third-order valence-electron chi connectivity index (χ3n) is 5.79. The van der Waals surface area contributed by atoms with E-state index >= 15 is 0 Å². The normalized spacial score (nSPS) is 20.2. The molecule has 0 spiro atoms. The van der Waals surface area contributed by atoms with Gasteiger partial charge in [-0.2, -0.15) is 5.26 Å². The fourth-order valence-electron chi connectivity index (χ4n) is 3.95. The molecule has 28 heavy (non-hydrogen) atoms. The minimum atomic E-state index is -0.140. The summed E-state index contributed by atoms with van der Waals surface area (Å²) in [4.78, 5) is 28.0. The van der Waals surface area contributed by atoms with Gasteiger partial charge in [0, 0.05) is 45.4 Å². The zero-order valence-electron chi connectivity index (χ0n) is 17.0. The summed E-state index contributed by atoms with van der Waals surface area (Å²) in [6.45, 7) is 9.74. The Bertz CT molecular complexity index is 781. The van der Waals surface area contributed by atoms with Crippen LogP contribution in [0.15, 0.2) is 0 Å². The van der Waals surface area contributed by atoms with Crippen LogP contribution in [-0.4, -0.2) is 71.6 Å². The van der Waals surface area contributed by atoms with Crippen molar-refractivity contribution in [2.24, 2.45) is 0 Å². The number of rotatable bonds is 5. The quantitative estimate of drug-likeness (QED) is 0.821. The first-order valence-corrected chi connectivity index (χ1v) is 9.89. The molecule has 3 rings (SSSR count). The van der Waals surface area contributed by atoms with Gasteiger partial charge < -0.3 is 19.5 Å². The largest absolute Gasteiger partial charge is 0.376 e. The van der Waals surface area contributed by atoms with Crippen LogP contribution in [0, 0.1) is 25.2 Å². The summed E-state index contributed by atoms with van der Waals surface area (Å²) in [6.07, 6.45) is 2.15. The predicted molar refractivity (Wildman–Crippen MR) is 105 cm³/mol. The fourth-order valence-corrected chi connectivity index (χ4v) is 3.95. The van der Waals surface area contributed by atoms with Crippen LogP contribution in [0.1, 0.15) is 36.6 Å². The third-order valence-corrected chi connectivity index (χ3v) is 5.79. The molecule has 0 bridgehead atoms. The Hall–Kier alpha value is -2.37. The van der Waals surface area contributed by atoms with Gasteiger partial charge in [0.25, 0.3) is 0 Å². The van der Waals surface area contributed by atoms with E-state index in [0.29, 0.717) is 44.1 Å². The summed E-state index contributed by atoms with van der Waals surface area (Å²) in [5, 5.41) is 12.6. The predicted octanol–water partition coefficient (Wildman–Crippen LogP) is 1.26. The van der Waals surface area contributed by atoms with Crippen LogP contribution in [-0.2, 0) is 20.9 Å². The molecule has 2 aliphatic rings. The average Bonchev–Trinajstić information content (AvgIpc) is 3.25. The van der Waals surface area contributed by atoms with E-state index in [2.05, 4.69) is 11.4 Å². The van der Waals surface area contributed by atoms with Gasteiger partial charge in [-0.15, -0.1) is 0 Å². The van der Waals surface area contributed by atoms with Crippen LogP contribution in [0.2, 0.25) is 0 Å². The fraction of sp³-hybridized carbons (Fsp3) is 0.650. The van der Waals surface area contributed by atoms with Crippen molar-refractivity contribution in [1.82, 2.24) is 14.4 Å². The SMILES string of the molecule is CC(=O)N1CCN(CC(=O)Nc2c(C#N)c(C)c(C)n2C[C@H]2CCCO2)CC1. The molecule has 2 aliphatic heterocycles. The summed E-state index contributed by atoms with van der Waals surface area (Å²) in [5.74, 6) is 0.500. The van der Waals surface area contributed by atoms with Crippen LogP contribution in [0.3, 0.4) is 0 Å². The van der Waals surface area contributed by atoms with Gasteiger partial charge in [0.15, 0.2) is 0 Å². The van der Waals surface area contributed by atoms with Crippen molar-refractivity contribution in [2.45, 2.75) is 46.3 Å². The standard InChI is InChI=1S/C20H29N5O3/c1-14-15(2)25(12-17-5-4-10-28-17)20(18(14)11-21)22-19(27)13-23-6-8-24(9-7-23)16(3)26/h17H,4-10,12-13H2,1-3H3,(H,22,27)/t17-/m1/s1. The van der Waals surface area contributed by atoms with Gasteiger partial charge in [-0.1, -0.05) is 0 Å². The molecule has 8 nitrogen and oxygen atoms in total. The van der Waals surface area contributed by atoms with Crippen molar-refractivity contribution in [3.05, 3.63) is 16.8 Å². The van der Waals surface area contributed by atoms with E-state index in [0.717, 1.165) is 30.7 Å². The highest BCUT2D eigenvalue weighted by atomic mass is 16.5. The molecule has 2 saturated heterocycles. The molecule has 0 aromatic carbocycles. The van der Waals surface area contributed by atoms with Gasteiger partial charge in [0.1, 0.15) is 11.9 Å². The van der Waals surface area contributed by atoms with Crippen molar-refractivity contribution in [1.29, 1.82) is 5.26 Å². The number of aromatic nitrogens is 1. The summed E-state index contributed by atoms with van der Waals surface area (Å²) in [5.41, 5.74) is 2.40. The summed E-state index contributed by atoms with van der Waals surface area (Å²) >= 11 is 0. The first-order chi connectivity index (χ1) is 13.4. The summed E-state index contributed by atoms with van der Waals surface area (Å²) in [6, 6.07) is 2.24. The number of nitrogens with one attached hydrogen (secondary N) is 1. The number of carbonyl (C=O) groups excluding carboxylic acids is 2. The Morgan fingerprint density at radius 2 is 1.96 bits per heavy atom. The van der Waals surface area contributed by atoms with Crippen LogP contribution in [0.4, 0.5) is 5.82 Å². The summed E-state index contributed by atoms with van der Waals surface area (Å²) < 4.78 is 7.76. The Morgan fingerprint density at radius 3 is 2.54 bits per heavy atom. The van der Waals surface area contributed by atoms with Gasteiger partial charge in [-0.3, -0.25) is 14.5 Å². The van der Waals surface area contributed by atoms with E-state index in [1.54, 1.807) is 11.8 Å². The number of anilines is 1. The van der Waals surface area contributed by atoms with E-state index < -0.39 is 0 Å². The molecule has 152 valence electrons. The topological polar surface area (TPSA) is 90.6 Å². The van der Waals surface area contributed by atoms with E-state index in [1.807, 2.05) is 23.3 Å². The molecule has 0 aliphatic carbocycles. The van der Waals surface area contributed by atoms with E-state index in [4.69, 9.17) is 4.74 Å². The molecule has 1 N–H and O–H groups in total. The molecular weight excluding hydrogens is 358 g/mol. The first kappa shape index (κ1) is 20.4. The van der Waals surface area contributed by atoms with E-state index in [1.165, 1.54) is 0 Å². The van der Waals surface area contributed by atoms with Crippen LogP contribution in [0.5, 0.6) is 0 Å². The molecule has 2 fully saturated rings. The van der Waals surface area contributed by atoms with E-state index in [-0.39, 0.29) is 24.5 Å². The molecule has 0 radical (unpaired) electrons. The maximum atomic E-state index is 12.7. The molecule has 0 saturated carbocycles. The highest BCUT2D eigenvalue weighted by Gasteiger charge is 2.25. The number of nitriles is 1. The Kier molecular flexibility index (Phi) is 6.37. The van der Waals surface area contributed by atoms with Crippen molar-refractivity contribution >= 4 is 17.6 Å². The molecule has 1 atom stereocenters. The van der Waals surface area contributed by atoms with Gasteiger partial charge in [0.05, 0.1) is 24.8 Å².